The maximum atomic E-state index is 12.1. The van der Waals surface area contributed by atoms with E-state index in [-0.39, 0.29) is 5.91 Å². The first-order valence-corrected chi connectivity index (χ1v) is 7.32. The van der Waals surface area contributed by atoms with Gasteiger partial charge in [0.25, 0.3) is 0 Å². The summed E-state index contributed by atoms with van der Waals surface area (Å²) in [5, 5.41) is 13.9. The molecule has 0 fully saturated rings. The van der Waals surface area contributed by atoms with Gasteiger partial charge in [-0.05, 0) is 36.6 Å². The normalized spacial score (nSPS) is 11.2. The molecule has 0 aliphatic rings. The van der Waals surface area contributed by atoms with E-state index in [0.717, 1.165) is 5.75 Å². The lowest BCUT2D eigenvalue weighted by molar-refractivity contribution is -0.117. The number of urea groups is 1. The fourth-order valence-corrected chi connectivity index (χ4v) is 2.04. The predicted octanol–water partition coefficient (Wildman–Crippen LogP) is 1.29. The molecule has 0 spiro atoms. The minimum Gasteiger partial charge on any atom is -0.352 e. The summed E-state index contributed by atoms with van der Waals surface area (Å²) in [4.78, 5) is 23.0. The maximum absolute atomic E-state index is 12.1. The zero-order valence-electron chi connectivity index (χ0n) is 11.1. The Hall–Kier alpha value is -2.20. The first-order valence-electron chi connectivity index (χ1n) is 5.92. The van der Waals surface area contributed by atoms with Gasteiger partial charge in [-0.15, -0.1) is 0 Å². The molecule has 0 saturated carbocycles. The number of nitrogens with two attached hydrogens (primary N) is 1. The smallest absolute Gasteiger partial charge is 0.312 e. The van der Waals surface area contributed by atoms with Crippen molar-refractivity contribution in [1.29, 1.82) is 5.26 Å². The quantitative estimate of drug-likeness (QED) is 0.734. The Morgan fingerprint density at radius 1 is 1.50 bits per heavy atom. The van der Waals surface area contributed by atoms with E-state index in [1.165, 1.54) is 0 Å². The number of carbonyl (C=O) groups is 2. The lowest BCUT2D eigenvalue weighted by Gasteiger charge is -2.16. The van der Waals surface area contributed by atoms with Crippen molar-refractivity contribution in [3.8, 4) is 6.07 Å². The van der Waals surface area contributed by atoms with Gasteiger partial charge in [0.1, 0.15) is 6.04 Å². The zero-order chi connectivity index (χ0) is 15.0. The largest absolute Gasteiger partial charge is 0.352 e. The molecule has 4 N–H and O–H groups in total. The van der Waals surface area contributed by atoms with Gasteiger partial charge in [0.05, 0.1) is 11.6 Å². The molecular formula is C13H16N4O2S. The lowest BCUT2D eigenvalue weighted by Crippen LogP contribution is -2.46. The molecule has 1 aromatic carbocycles. The molecule has 1 atom stereocenters. The fourth-order valence-electron chi connectivity index (χ4n) is 1.57. The lowest BCUT2D eigenvalue weighted by atomic mass is 10.2. The molecule has 0 saturated heterocycles. The molecule has 3 amide bonds. The van der Waals surface area contributed by atoms with Crippen LogP contribution in [-0.4, -0.2) is 30.0 Å². The minimum atomic E-state index is -0.739. The Balaban J connectivity index is 2.73. The van der Waals surface area contributed by atoms with Gasteiger partial charge in [0, 0.05) is 5.69 Å². The molecule has 0 unspecified atom stereocenters. The second kappa shape index (κ2) is 8.07. The molecular weight excluding hydrogens is 276 g/mol. The Kier molecular flexibility index (Phi) is 6.40. The average Bonchev–Trinajstić information content (AvgIpc) is 2.43. The van der Waals surface area contributed by atoms with Gasteiger partial charge < -0.3 is 16.4 Å². The fraction of sp³-hybridized carbons (Fsp3) is 0.308. The van der Waals surface area contributed by atoms with E-state index < -0.39 is 12.1 Å². The third-order valence-electron chi connectivity index (χ3n) is 2.50. The molecule has 1 aromatic rings. The number of primary amides is 1. The standard InChI is InChI=1S/C13H16N4O2S/c1-20-6-5-11(17-13(15)19)12(18)16-10-4-2-3-9(7-10)8-14/h2-4,7,11H,5-6H2,1H3,(H,16,18)(H3,15,17,19)/t11-/m0/s1. The first-order chi connectivity index (χ1) is 9.56. The van der Waals surface area contributed by atoms with Crippen LogP contribution in [0.1, 0.15) is 12.0 Å². The number of anilines is 1. The Morgan fingerprint density at radius 3 is 2.85 bits per heavy atom. The van der Waals surface area contributed by atoms with Crippen LogP contribution in [0.2, 0.25) is 0 Å². The molecule has 0 radical (unpaired) electrons. The minimum absolute atomic E-state index is 0.354. The number of nitrogens with one attached hydrogen (secondary N) is 2. The summed E-state index contributed by atoms with van der Waals surface area (Å²) in [6.45, 7) is 0. The summed E-state index contributed by atoms with van der Waals surface area (Å²) in [7, 11) is 0. The highest BCUT2D eigenvalue weighted by Gasteiger charge is 2.19. The van der Waals surface area contributed by atoms with Gasteiger partial charge in [-0.1, -0.05) is 6.07 Å². The molecule has 1 rings (SSSR count). The van der Waals surface area contributed by atoms with Gasteiger partial charge in [0.15, 0.2) is 0 Å². The highest BCUT2D eigenvalue weighted by atomic mass is 32.2. The van der Waals surface area contributed by atoms with Crippen molar-refractivity contribution in [3.05, 3.63) is 29.8 Å². The predicted molar refractivity (Wildman–Crippen MR) is 79.3 cm³/mol. The maximum Gasteiger partial charge on any atom is 0.312 e. The van der Waals surface area contributed by atoms with Crippen LogP contribution in [0.15, 0.2) is 24.3 Å². The van der Waals surface area contributed by atoms with Crippen molar-refractivity contribution in [2.24, 2.45) is 5.73 Å². The number of nitriles is 1. The molecule has 0 bridgehead atoms. The van der Waals surface area contributed by atoms with Crippen LogP contribution in [-0.2, 0) is 4.79 Å². The molecule has 106 valence electrons. The van der Waals surface area contributed by atoms with Gasteiger partial charge in [0.2, 0.25) is 5.91 Å². The van der Waals surface area contributed by atoms with Crippen LogP contribution in [0, 0.1) is 11.3 Å². The van der Waals surface area contributed by atoms with Crippen molar-refractivity contribution in [2.45, 2.75) is 12.5 Å². The molecule has 0 aromatic heterocycles. The molecule has 0 heterocycles. The number of nitrogens with zero attached hydrogens (tertiary/aromatic N) is 1. The van der Waals surface area contributed by atoms with Crippen molar-refractivity contribution in [1.82, 2.24) is 5.32 Å². The van der Waals surface area contributed by atoms with Crippen molar-refractivity contribution in [3.63, 3.8) is 0 Å². The number of thioether (sulfide) groups is 1. The van der Waals surface area contributed by atoms with Crippen LogP contribution in [0.4, 0.5) is 10.5 Å². The summed E-state index contributed by atoms with van der Waals surface area (Å²) in [6, 6.07) is 7.12. The molecule has 0 aliphatic heterocycles. The summed E-state index contributed by atoms with van der Waals surface area (Å²) in [6.07, 6.45) is 2.39. The average molecular weight is 292 g/mol. The highest BCUT2D eigenvalue weighted by molar-refractivity contribution is 7.98. The van der Waals surface area contributed by atoms with Crippen LogP contribution in [0.5, 0.6) is 0 Å². The van der Waals surface area contributed by atoms with E-state index in [1.807, 2.05) is 12.3 Å². The topological polar surface area (TPSA) is 108 Å². The molecule has 7 heteroatoms. The van der Waals surface area contributed by atoms with Crippen LogP contribution < -0.4 is 16.4 Å². The highest BCUT2D eigenvalue weighted by Crippen LogP contribution is 2.11. The monoisotopic (exact) mass is 292 g/mol. The molecule has 20 heavy (non-hydrogen) atoms. The second-order valence-electron chi connectivity index (χ2n) is 4.02. The third-order valence-corrected chi connectivity index (χ3v) is 3.15. The number of hydrogen-bond donors (Lipinski definition) is 3. The number of benzene rings is 1. The van der Waals surface area contributed by atoms with Gasteiger partial charge in [-0.2, -0.15) is 17.0 Å². The van der Waals surface area contributed by atoms with Crippen molar-refractivity contribution in [2.75, 3.05) is 17.3 Å². The SMILES string of the molecule is CSCC[C@H](NC(N)=O)C(=O)Nc1cccc(C#N)c1. The number of rotatable bonds is 6. The summed E-state index contributed by atoms with van der Waals surface area (Å²) in [5.74, 6) is 0.365. The zero-order valence-corrected chi connectivity index (χ0v) is 11.9. The van der Waals surface area contributed by atoms with E-state index >= 15 is 0 Å². The van der Waals surface area contributed by atoms with Crippen molar-refractivity contribution < 1.29 is 9.59 Å². The van der Waals surface area contributed by atoms with E-state index in [4.69, 9.17) is 11.0 Å². The van der Waals surface area contributed by atoms with Gasteiger partial charge in [-0.3, -0.25) is 4.79 Å². The van der Waals surface area contributed by atoms with Crippen LogP contribution >= 0.6 is 11.8 Å². The van der Waals surface area contributed by atoms with Crippen LogP contribution in [0.25, 0.3) is 0 Å². The van der Waals surface area contributed by atoms with Gasteiger partial charge >= 0.3 is 6.03 Å². The Bertz CT molecular complexity index is 527. The summed E-state index contributed by atoms with van der Waals surface area (Å²) in [5.41, 5.74) is 6.02. The van der Waals surface area contributed by atoms with Crippen molar-refractivity contribution >= 4 is 29.4 Å². The summed E-state index contributed by atoms with van der Waals surface area (Å²) >= 11 is 1.57. The van der Waals surface area contributed by atoms with E-state index in [2.05, 4.69) is 10.6 Å². The van der Waals surface area contributed by atoms with Gasteiger partial charge in [-0.25, -0.2) is 4.79 Å². The number of amides is 3. The summed E-state index contributed by atoms with van der Waals surface area (Å²) < 4.78 is 0. The third kappa shape index (κ3) is 5.20. The van der Waals surface area contributed by atoms with E-state index in [9.17, 15) is 9.59 Å². The number of hydrogen-bond acceptors (Lipinski definition) is 4. The number of carbonyl (C=O) groups excluding carboxylic acids is 2. The Labute approximate surface area is 121 Å². The first kappa shape index (κ1) is 15.9. The molecule has 0 aliphatic carbocycles. The van der Waals surface area contributed by atoms with Crippen LogP contribution in [0.3, 0.4) is 0 Å². The Morgan fingerprint density at radius 2 is 2.25 bits per heavy atom. The second-order valence-corrected chi connectivity index (χ2v) is 5.01. The van der Waals surface area contributed by atoms with E-state index in [0.29, 0.717) is 17.7 Å². The van der Waals surface area contributed by atoms with E-state index in [1.54, 1.807) is 36.0 Å². The molecule has 6 nitrogen and oxygen atoms in total.